The van der Waals surface area contributed by atoms with Crippen molar-refractivity contribution >= 4 is 18.0 Å². The summed E-state index contributed by atoms with van der Waals surface area (Å²) in [7, 11) is 1.36. The molecular weight excluding hydrogens is 244 g/mol. The van der Waals surface area contributed by atoms with Crippen molar-refractivity contribution in [1.29, 1.82) is 0 Å². The van der Waals surface area contributed by atoms with Gasteiger partial charge in [0.2, 0.25) is 0 Å². The Labute approximate surface area is 104 Å². The van der Waals surface area contributed by atoms with Gasteiger partial charge >= 0.3 is 18.0 Å². The van der Waals surface area contributed by atoms with E-state index in [9.17, 15) is 19.5 Å². The Morgan fingerprint density at radius 2 is 1.44 bits per heavy atom. The maximum Gasteiger partial charge on any atom is 0.323 e. The van der Waals surface area contributed by atoms with Crippen LogP contribution in [0.4, 0.5) is 4.79 Å². The Morgan fingerprint density at radius 1 is 1.06 bits per heavy atom. The number of rotatable bonds is 6. The van der Waals surface area contributed by atoms with Crippen LogP contribution < -0.4 is 0 Å². The first kappa shape index (κ1) is 16.2. The fourth-order valence-corrected chi connectivity index (χ4v) is 1.41. The highest BCUT2D eigenvalue weighted by Crippen LogP contribution is 2.06. The Balaban J connectivity index is 4.73. The van der Waals surface area contributed by atoms with E-state index in [2.05, 4.69) is 0 Å². The van der Waals surface area contributed by atoms with Gasteiger partial charge in [-0.2, -0.15) is 0 Å². The van der Waals surface area contributed by atoms with Gasteiger partial charge in [0, 0.05) is 7.05 Å². The van der Waals surface area contributed by atoms with E-state index in [4.69, 9.17) is 10.2 Å². The summed E-state index contributed by atoms with van der Waals surface area (Å²) >= 11 is 0. The van der Waals surface area contributed by atoms with Crippen molar-refractivity contribution in [3.63, 3.8) is 0 Å². The third-order valence-electron chi connectivity index (χ3n) is 1.87. The van der Waals surface area contributed by atoms with Crippen LogP contribution in [-0.2, 0) is 9.59 Å². The van der Waals surface area contributed by atoms with Gasteiger partial charge in [-0.25, -0.2) is 4.79 Å². The zero-order valence-corrected chi connectivity index (χ0v) is 10.6. The average molecular weight is 262 g/mol. The number of carboxylic acids is 2. The number of hydrogen-bond donors (Lipinski definition) is 3. The molecule has 18 heavy (non-hydrogen) atoms. The fraction of sp³-hybridized carbons (Fsp3) is 0.700. The van der Waals surface area contributed by atoms with E-state index in [0.717, 1.165) is 4.90 Å². The molecule has 3 N–H and O–H groups in total. The second-order valence-electron chi connectivity index (χ2n) is 4.59. The van der Waals surface area contributed by atoms with Gasteiger partial charge in [-0.15, -0.1) is 0 Å². The third-order valence-corrected chi connectivity index (χ3v) is 1.87. The monoisotopic (exact) mass is 262 g/mol. The molecule has 0 fully saturated rings. The Hall–Kier alpha value is -1.83. The number of carbonyl (C=O) groups excluding carboxylic acids is 1. The number of aliphatic carboxylic acids is 2. The maximum atomic E-state index is 11.8. The molecular formula is C10H18N2O6. The predicted molar refractivity (Wildman–Crippen MR) is 61.2 cm³/mol. The smallest absolute Gasteiger partial charge is 0.323 e. The number of urea groups is 1. The van der Waals surface area contributed by atoms with Crippen LogP contribution in [0.2, 0.25) is 0 Å². The highest BCUT2D eigenvalue weighted by atomic mass is 16.4. The number of hydrogen-bond acceptors (Lipinski definition) is 4. The summed E-state index contributed by atoms with van der Waals surface area (Å²) in [5, 5.41) is 26.7. The highest BCUT2D eigenvalue weighted by Gasteiger charge is 2.26. The van der Waals surface area contributed by atoms with Gasteiger partial charge < -0.3 is 25.1 Å². The van der Waals surface area contributed by atoms with Crippen molar-refractivity contribution in [1.82, 2.24) is 9.80 Å². The van der Waals surface area contributed by atoms with Crippen LogP contribution in [-0.4, -0.2) is 75.4 Å². The van der Waals surface area contributed by atoms with Crippen molar-refractivity contribution in [2.24, 2.45) is 0 Å². The summed E-state index contributed by atoms with van der Waals surface area (Å²) in [5.74, 6) is -2.61. The second kappa shape index (κ2) is 6.20. The summed E-state index contributed by atoms with van der Waals surface area (Å²) in [4.78, 5) is 34.7. The van der Waals surface area contributed by atoms with Gasteiger partial charge in [-0.3, -0.25) is 9.59 Å². The molecule has 104 valence electrons. The molecule has 2 amide bonds. The fourth-order valence-electron chi connectivity index (χ4n) is 1.41. The molecule has 0 aromatic heterocycles. The number of likely N-dealkylation sites (N-methyl/N-ethyl adjacent to an activating group) is 1. The lowest BCUT2D eigenvalue weighted by atomic mass is 10.1. The van der Waals surface area contributed by atoms with Crippen molar-refractivity contribution < 1.29 is 29.7 Å². The number of carbonyl (C=O) groups is 3. The minimum Gasteiger partial charge on any atom is -0.480 e. The first-order valence-electron chi connectivity index (χ1n) is 5.19. The standard InChI is InChI=1S/C10H18N2O6/c1-10(2,18)6-11(3)9(17)12(4-7(13)14)5-8(15)16/h18H,4-6H2,1-3H3,(H,13,14)(H,15,16). The molecule has 0 rings (SSSR count). The number of amides is 2. The van der Waals surface area contributed by atoms with Gasteiger partial charge in [0.1, 0.15) is 13.1 Å². The molecule has 0 bridgehead atoms. The van der Waals surface area contributed by atoms with Gasteiger partial charge in [0.15, 0.2) is 0 Å². The van der Waals surface area contributed by atoms with Gasteiger partial charge in [-0.05, 0) is 13.8 Å². The van der Waals surface area contributed by atoms with E-state index in [1.165, 1.54) is 20.9 Å². The molecule has 0 saturated carbocycles. The lowest BCUT2D eigenvalue weighted by molar-refractivity contribution is -0.140. The first-order valence-corrected chi connectivity index (χ1v) is 5.19. The SMILES string of the molecule is CN(CC(C)(C)O)C(=O)N(CC(=O)O)CC(=O)O. The van der Waals surface area contributed by atoms with E-state index >= 15 is 0 Å². The molecule has 0 heterocycles. The molecule has 0 aromatic carbocycles. The molecule has 0 aliphatic heterocycles. The zero-order valence-electron chi connectivity index (χ0n) is 10.6. The molecule has 8 heteroatoms. The Bertz CT molecular complexity index is 320. The van der Waals surface area contributed by atoms with E-state index < -0.39 is 36.7 Å². The number of aliphatic hydroxyl groups is 1. The third kappa shape index (κ3) is 6.69. The molecule has 0 aromatic rings. The number of nitrogens with zero attached hydrogens (tertiary/aromatic N) is 2. The van der Waals surface area contributed by atoms with Crippen molar-refractivity contribution in [3.8, 4) is 0 Å². The summed E-state index contributed by atoms with van der Waals surface area (Å²) in [6, 6.07) is -0.762. The second-order valence-corrected chi connectivity index (χ2v) is 4.59. The zero-order chi connectivity index (χ0) is 14.5. The molecule has 0 radical (unpaired) electrons. The lowest BCUT2D eigenvalue weighted by Gasteiger charge is -2.29. The topological polar surface area (TPSA) is 118 Å². The molecule has 8 nitrogen and oxygen atoms in total. The van der Waals surface area contributed by atoms with E-state index in [1.54, 1.807) is 0 Å². The highest BCUT2D eigenvalue weighted by molar-refractivity contribution is 5.84. The normalized spacial score (nSPS) is 10.9. The van der Waals surface area contributed by atoms with Crippen LogP contribution in [0.3, 0.4) is 0 Å². The van der Waals surface area contributed by atoms with Crippen molar-refractivity contribution in [2.45, 2.75) is 19.4 Å². The number of carboxylic acid groups (broad SMARTS) is 2. The molecule has 0 unspecified atom stereocenters. The van der Waals surface area contributed by atoms with Crippen LogP contribution in [0.25, 0.3) is 0 Å². The minimum atomic E-state index is -1.30. The van der Waals surface area contributed by atoms with Gasteiger partial charge in [0.25, 0.3) is 0 Å². The van der Waals surface area contributed by atoms with Crippen molar-refractivity contribution in [3.05, 3.63) is 0 Å². The maximum absolute atomic E-state index is 11.8. The van der Waals surface area contributed by atoms with Crippen LogP contribution in [0, 0.1) is 0 Å². The Morgan fingerprint density at radius 3 is 1.72 bits per heavy atom. The molecule has 0 spiro atoms. The van der Waals surface area contributed by atoms with Crippen LogP contribution in [0.5, 0.6) is 0 Å². The van der Waals surface area contributed by atoms with Crippen molar-refractivity contribution in [2.75, 3.05) is 26.7 Å². The molecule has 0 aliphatic carbocycles. The van der Waals surface area contributed by atoms with E-state index in [0.29, 0.717) is 4.90 Å². The molecule has 0 atom stereocenters. The summed E-state index contributed by atoms with van der Waals surface area (Å²) in [6.07, 6.45) is 0. The first-order chi connectivity index (χ1) is 8.03. The quantitative estimate of drug-likeness (QED) is 0.581. The largest absolute Gasteiger partial charge is 0.480 e. The van der Waals surface area contributed by atoms with E-state index in [-0.39, 0.29) is 6.54 Å². The summed E-state index contributed by atoms with van der Waals surface area (Å²) in [6.45, 7) is 1.51. The van der Waals surface area contributed by atoms with E-state index in [1.807, 2.05) is 0 Å². The van der Waals surface area contributed by atoms with Crippen LogP contribution >= 0.6 is 0 Å². The van der Waals surface area contributed by atoms with Gasteiger partial charge in [-0.1, -0.05) is 0 Å². The predicted octanol–water partition coefficient (Wildman–Crippen LogP) is -0.720. The summed E-state index contributed by atoms with van der Waals surface area (Å²) < 4.78 is 0. The molecule has 0 aliphatic rings. The molecule has 0 saturated heterocycles. The summed E-state index contributed by atoms with van der Waals surface area (Å²) in [5.41, 5.74) is -1.15. The minimum absolute atomic E-state index is 0.0401. The van der Waals surface area contributed by atoms with Crippen LogP contribution in [0.1, 0.15) is 13.8 Å². The lowest BCUT2D eigenvalue weighted by Crippen LogP contribution is -2.49. The van der Waals surface area contributed by atoms with Gasteiger partial charge in [0.05, 0.1) is 12.1 Å². The average Bonchev–Trinajstić information content (AvgIpc) is 2.11. The van der Waals surface area contributed by atoms with Crippen LogP contribution in [0.15, 0.2) is 0 Å². The Kier molecular flexibility index (Phi) is 5.57.